The minimum Gasteiger partial charge on any atom is -0.496 e. The third kappa shape index (κ3) is 2.38. The van der Waals surface area contributed by atoms with Crippen LogP contribution in [0.5, 0.6) is 5.75 Å². The molecule has 5 nitrogen and oxygen atoms in total. The topological polar surface area (TPSA) is 55.8 Å². The number of rotatable bonds is 4. The number of benzene rings is 1. The van der Waals surface area contributed by atoms with Crippen molar-refractivity contribution >= 4 is 12.2 Å². The molecule has 5 heteroatoms. The van der Waals surface area contributed by atoms with E-state index < -0.39 is 0 Å². The molecule has 1 aromatic carbocycles. The molecular weight excluding hydrogens is 210 g/mol. The van der Waals surface area contributed by atoms with Crippen molar-refractivity contribution in [2.45, 2.75) is 0 Å². The van der Waals surface area contributed by atoms with Crippen molar-refractivity contribution in [2.24, 2.45) is 0 Å². The van der Waals surface area contributed by atoms with Crippen molar-refractivity contribution in [3.05, 3.63) is 29.3 Å². The lowest BCUT2D eigenvalue weighted by atomic mass is 10.1. The fraction of sp³-hybridized carbons (Fsp3) is 0.273. The fourth-order valence-corrected chi connectivity index (χ4v) is 1.22. The number of amides is 1. The first kappa shape index (κ1) is 12.2. The van der Waals surface area contributed by atoms with Crippen LogP contribution in [-0.2, 0) is 4.84 Å². The molecule has 0 aromatic heterocycles. The zero-order valence-corrected chi connectivity index (χ0v) is 9.39. The third-order valence-electron chi connectivity index (χ3n) is 2.15. The lowest BCUT2D eigenvalue weighted by Crippen LogP contribution is -2.25. The van der Waals surface area contributed by atoms with Gasteiger partial charge in [0.05, 0.1) is 19.8 Å². The Labute approximate surface area is 93.5 Å². The van der Waals surface area contributed by atoms with Gasteiger partial charge in [-0.25, -0.2) is 5.06 Å². The molecule has 1 amide bonds. The first-order valence-corrected chi connectivity index (χ1v) is 4.59. The summed E-state index contributed by atoms with van der Waals surface area (Å²) in [5.41, 5.74) is 0.699. The average molecular weight is 223 g/mol. The maximum absolute atomic E-state index is 11.8. The molecule has 0 atom stereocenters. The van der Waals surface area contributed by atoms with Gasteiger partial charge in [0.25, 0.3) is 5.91 Å². The standard InChI is InChI=1S/C11H13NO4/c1-12(16-3)11(14)9-6-8(7-13)4-5-10(9)15-2/h4-7H,1-3H3. The van der Waals surface area contributed by atoms with Gasteiger partial charge in [-0.3, -0.25) is 14.4 Å². The molecule has 1 aromatic rings. The van der Waals surface area contributed by atoms with E-state index in [4.69, 9.17) is 9.57 Å². The van der Waals surface area contributed by atoms with E-state index in [0.29, 0.717) is 17.6 Å². The van der Waals surface area contributed by atoms with Crippen molar-refractivity contribution in [3.63, 3.8) is 0 Å². The van der Waals surface area contributed by atoms with Gasteiger partial charge in [0, 0.05) is 12.6 Å². The Bertz CT molecular complexity index is 403. The summed E-state index contributed by atoms with van der Waals surface area (Å²) in [6, 6.07) is 4.61. The van der Waals surface area contributed by atoms with Crippen LogP contribution in [0.25, 0.3) is 0 Å². The molecule has 0 N–H and O–H groups in total. The highest BCUT2D eigenvalue weighted by atomic mass is 16.7. The van der Waals surface area contributed by atoms with Crippen LogP contribution in [0.1, 0.15) is 20.7 Å². The molecule has 0 bridgehead atoms. The number of aldehydes is 1. The van der Waals surface area contributed by atoms with Crippen molar-refractivity contribution in [2.75, 3.05) is 21.3 Å². The molecule has 0 aliphatic heterocycles. The summed E-state index contributed by atoms with van der Waals surface area (Å²) in [4.78, 5) is 27.2. The monoisotopic (exact) mass is 223 g/mol. The van der Waals surface area contributed by atoms with Crippen molar-refractivity contribution in [1.29, 1.82) is 0 Å². The summed E-state index contributed by atoms with van der Waals surface area (Å²) in [6.07, 6.45) is 0.670. The number of methoxy groups -OCH3 is 1. The molecule has 16 heavy (non-hydrogen) atoms. The summed E-state index contributed by atoms with van der Waals surface area (Å²) < 4.78 is 5.04. The van der Waals surface area contributed by atoms with Crippen LogP contribution in [0, 0.1) is 0 Å². The molecule has 0 spiro atoms. The molecule has 0 saturated heterocycles. The van der Waals surface area contributed by atoms with E-state index in [1.165, 1.54) is 27.3 Å². The lowest BCUT2D eigenvalue weighted by molar-refractivity contribution is -0.0758. The Morgan fingerprint density at radius 2 is 2.06 bits per heavy atom. The van der Waals surface area contributed by atoms with Crippen molar-refractivity contribution in [3.8, 4) is 5.75 Å². The second-order valence-electron chi connectivity index (χ2n) is 3.06. The van der Waals surface area contributed by atoms with E-state index in [1.807, 2.05) is 0 Å². The summed E-state index contributed by atoms with van der Waals surface area (Å²) in [5.74, 6) is 0.0301. The third-order valence-corrected chi connectivity index (χ3v) is 2.15. The largest absolute Gasteiger partial charge is 0.496 e. The zero-order valence-electron chi connectivity index (χ0n) is 9.39. The summed E-state index contributed by atoms with van der Waals surface area (Å²) in [5, 5.41) is 1.06. The van der Waals surface area contributed by atoms with Gasteiger partial charge in [-0.1, -0.05) is 0 Å². The Morgan fingerprint density at radius 1 is 1.38 bits per heavy atom. The molecule has 0 unspecified atom stereocenters. The van der Waals surface area contributed by atoms with Crippen LogP contribution in [0.3, 0.4) is 0 Å². The number of carbonyl (C=O) groups excluding carboxylic acids is 2. The van der Waals surface area contributed by atoms with E-state index in [0.717, 1.165) is 5.06 Å². The van der Waals surface area contributed by atoms with Gasteiger partial charge in [0.15, 0.2) is 0 Å². The number of carbonyl (C=O) groups is 2. The summed E-state index contributed by atoms with van der Waals surface area (Å²) in [6.45, 7) is 0. The van der Waals surface area contributed by atoms with Crippen molar-refractivity contribution < 1.29 is 19.2 Å². The molecule has 0 saturated carbocycles. The van der Waals surface area contributed by atoms with E-state index >= 15 is 0 Å². The highest BCUT2D eigenvalue weighted by molar-refractivity contribution is 5.97. The molecule has 86 valence electrons. The highest BCUT2D eigenvalue weighted by Gasteiger charge is 2.17. The van der Waals surface area contributed by atoms with E-state index in [9.17, 15) is 9.59 Å². The van der Waals surface area contributed by atoms with Gasteiger partial charge in [-0.2, -0.15) is 0 Å². The van der Waals surface area contributed by atoms with Gasteiger partial charge in [0.1, 0.15) is 12.0 Å². The van der Waals surface area contributed by atoms with Gasteiger partial charge >= 0.3 is 0 Å². The van der Waals surface area contributed by atoms with Crippen LogP contribution in [0.2, 0.25) is 0 Å². The van der Waals surface area contributed by atoms with Crippen LogP contribution >= 0.6 is 0 Å². The Balaban J connectivity index is 3.18. The molecule has 0 heterocycles. The van der Waals surface area contributed by atoms with Crippen LogP contribution in [-0.4, -0.2) is 38.5 Å². The molecule has 1 rings (SSSR count). The zero-order chi connectivity index (χ0) is 12.1. The van der Waals surface area contributed by atoms with Gasteiger partial charge < -0.3 is 4.74 Å². The fourth-order valence-electron chi connectivity index (χ4n) is 1.22. The highest BCUT2D eigenvalue weighted by Crippen LogP contribution is 2.20. The predicted molar refractivity (Wildman–Crippen MR) is 57.5 cm³/mol. The molecule has 0 aliphatic carbocycles. The van der Waals surface area contributed by atoms with Crippen LogP contribution < -0.4 is 4.74 Å². The number of hydroxylamine groups is 2. The van der Waals surface area contributed by atoms with E-state index in [2.05, 4.69) is 0 Å². The van der Waals surface area contributed by atoms with Crippen LogP contribution in [0.15, 0.2) is 18.2 Å². The Hall–Kier alpha value is -1.88. The Morgan fingerprint density at radius 3 is 2.56 bits per heavy atom. The second kappa shape index (κ2) is 5.27. The molecule has 0 radical (unpaired) electrons. The number of hydrogen-bond donors (Lipinski definition) is 0. The quantitative estimate of drug-likeness (QED) is 0.567. The summed E-state index contributed by atoms with van der Waals surface area (Å²) >= 11 is 0. The molecule has 0 aliphatic rings. The lowest BCUT2D eigenvalue weighted by Gasteiger charge is -2.15. The Kier molecular flexibility index (Phi) is 4.02. The molecular formula is C11H13NO4. The maximum Gasteiger partial charge on any atom is 0.280 e. The minimum atomic E-state index is -0.372. The van der Waals surface area contributed by atoms with Crippen LogP contribution in [0.4, 0.5) is 0 Å². The number of ether oxygens (including phenoxy) is 1. The van der Waals surface area contributed by atoms with Gasteiger partial charge in [0.2, 0.25) is 0 Å². The number of hydrogen-bond acceptors (Lipinski definition) is 4. The predicted octanol–water partition coefficient (Wildman–Crippen LogP) is 1.14. The van der Waals surface area contributed by atoms with Crippen molar-refractivity contribution in [1.82, 2.24) is 5.06 Å². The average Bonchev–Trinajstić information content (AvgIpc) is 2.35. The summed E-state index contributed by atoms with van der Waals surface area (Å²) in [7, 11) is 4.32. The normalized spacial score (nSPS) is 9.69. The second-order valence-corrected chi connectivity index (χ2v) is 3.06. The SMILES string of the molecule is COc1ccc(C=O)cc1C(=O)N(C)OC. The smallest absolute Gasteiger partial charge is 0.280 e. The van der Waals surface area contributed by atoms with E-state index in [1.54, 1.807) is 12.1 Å². The minimum absolute atomic E-state index is 0.288. The first-order valence-electron chi connectivity index (χ1n) is 4.59. The molecule has 0 fully saturated rings. The number of nitrogens with zero attached hydrogens (tertiary/aromatic N) is 1. The van der Waals surface area contributed by atoms with Gasteiger partial charge in [-0.05, 0) is 18.2 Å². The van der Waals surface area contributed by atoms with E-state index in [-0.39, 0.29) is 11.5 Å². The van der Waals surface area contributed by atoms with Gasteiger partial charge in [-0.15, -0.1) is 0 Å². The maximum atomic E-state index is 11.8. The first-order chi connectivity index (χ1) is 7.63.